The minimum atomic E-state index is -0.134. The maximum absolute atomic E-state index is 11.3. The van der Waals surface area contributed by atoms with Crippen LogP contribution in [0.4, 0.5) is 0 Å². The molecule has 0 bridgehead atoms. The Hall–Kier alpha value is -1.42. The molecule has 0 radical (unpaired) electrons. The zero-order valence-electron chi connectivity index (χ0n) is 8.62. The SMILES string of the molecule is Cc1ccccc1CNC(=O)CC(N)=S. The quantitative estimate of drug-likeness (QED) is 0.755. The van der Waals surface area contributed by atoms with Gasteiger partial charge < -0.3 is 11.1 Å². The second-order valence-electron chi connectivity index (χ2n) is 3.35. The van der Waals surface area contributed by atoms with E-state index < -0.39 is 0 Å². The molecule has 0 atom stereocenters. The number of hydrogen-bond donors (Lipinski definition) is 2. The Morgan fingerprint density at radius 1 is 1.47 bits per heavy atom. The molecule has 0 aliphatic rings. The van der Waals surface area contributed by atoms with Crippen molar-refractivity contribution in [3.8, 4) is 0 Å². The second-order valence-corrected chi connectivity index (χ2v) is 3.87. The van der Waals surface area contributed by atoms with Crippen LogP contribution in [-0.2, 0) is 11.3 Å². The van der Waals surface area contributed by atoms with Gasteiger partial charge in [0.1, 0.15) is 0 Å². The van der Waals surface area contributed by atoms with Crippen molar-refractivity contribution in [2.75, 3.05) is 0 Å². The lowest BCUT2D eigenvalue weighted by molar-refractivity contribution is -0.120. The van der Waals surface area contributed by atoms with Crippen LogP contribution >= 0.6 is 12.2 Å². The number of aryl methyl sites for hydroxylation is 1. The molecule has 0 aliphatic carbocycles. The van der Waals surface area contributed by atoms with E-state index >= 15 is 0 Å². The molecule has 0 saturated carbocycles. The number of benzene rings is 1. The van der Waals surface area contributed by atoms with Crippen molar-refractivity contribution in [3.05, 3.63) is 35.4 Å². The van der Waals surface area contributed by atoms with Gasteiger partial charge in [0.05, 0.1) is 11.4 Å². The minimum absolute atomic E-state index is 0.112. The lowest BCUT2D eigenvalue weighted by Gasteiger charge is -2.07. The fraction of sp³-hybridized carbons (Fsp3) is 0.273. The van der Waals surface area contributed by atoms with Gasteiger partial charge in [-0.2, -0.15) is 0 Å². The minimum Gasteiger partial charge on any atom is -0.393 e. The number of carbonyl (C=O) groups excluding carboxylic acids is 1. The summed E-state index contributed by atoms with van der Waals surface area (Å²) < 4.78 is 0. The molecule has 0 saturated heterocycles. The van der Waals surface area contributed by atoms with Gasteiger partial charge in [-0.3, -0.25) is 4.79 Å². The zero-order valence-corrected chi connectivity index (χ0v) is 9.43. The van der Waals surface area contributed by atoms with Crippen molar-refractivity contribution >= 4 is 23.1 Å². The number of rotatable bonds is 4. The Morgan fingerprint density at radius 3 is 2.73 bits per heavy atom. The molecule has 1 rings (SSSR count). The molecule has 1 aromatic carbocycles. The van der Waals surface area contributed by atoms with Crippen molar-refractivity contribution < 1.29 is 4.79 Å². The summed E-state index contributed by atoms with van der Waals surface area (Å²) in [5.41, 5.74) is 7.53. The predicted molar refractivity (Wildman–Crippen MR) is 64.4 cm³/mol. The van der Waals surface area contributed by atoms with Crippen molar-refractivity contribution in [2.45, 2.75) is 19.9 Å². The van der Waals surface area contributed by atoms with Crippen LogP contribution in [0.25, 0.3) is 0 Å². The molecule has 3 nitrogen and oxygen atoms in total. The smallest absolute Gasteiger partial charge is 0.227 e. The molecule has 4 heteroatoms. The van der Waals surface area contributed by atoms with Crippen LogP contribution in [-0.4, -0.2) is 10.9 Å². The first kappa shape index (κ1) is 11.7. The number of nitrogens with two attached hydrogens (primary N) is 1. The van der Waals surface area contributed by atoms with E-state index in [-0.39, 0.29) is 17.3 Å². The maximum atomic E-state index is 11.3. The summed E-state index contributed by atoms with van der Waals surface area (Å²) in [5, 5.41) is 2.76. The van der Waals surface area contributed by atoms with Crippen LogP contribution in [0.3, 0.4) is 0 Å². The average Bonchev–Trinajstić information content (AvgIpc) is 2.15. The molecule has 0 unspecified atom stereocenters. The standard InChI is InChI=1S/C11H14N2OS/c1-8-4-2-3-5-9(8)7-13-11(14)6-10(12)15/h2-5H,6-7H2,1H3,(H2,12,15)(H,13,14). The molecular formula is C11H14N2OS. The van der Waals surface area contributed by atoms with Gasteiger partial charge in [-0.05, 0) is 18.1 Å². The highest BCUT2D eigenvalue weighted by atomic mass is 32.1. The summed E-state index contributed by atoms with van der Waals surface area (Å²) in [7, 11) is 0. The van der Waals surface area contributed by atoms with E-state index in [1.807, 2.05) is 31.2 Å². The summed E-state index contributed by atoms with van der Waals surface area (Å²) in [5.74, 6) is -0.134. The first-order valence-corrected chi connectivity index (χ1v) is 5.10. The molecule has 0 heterocycles. The molecule has 1 amide bonds. The van der Waals surface area contributed by atoms with Crippen molar-refractivity contribution in [1.82, 2.24) is 5.32 Å². The number of thiocarbonyl (C=S) groups is 1. The van der Waals surface area contributed by atoms with E-state index in [2.05, 4.69) is 17.5 Å². The van der Waals surface area contributed by atoms with Crippen LogP contribution in [0.15, 0.2) is 24.3 Å². The van der Waals surface area contributed by atoms with Gasteiger partial charge in [0, 0.05) is 6.54 Å². The van der Waals surface area contributed by atoms with Gasteiger partial charge in [-0.25, -0.2) is 0 Å². The molecule has 0 aliphatic heterocycles. The molecular weight excluding hydrogens is 208 g/mol. The Labute approximate surface area is 94.7 Å². The molecule has 1 aromatic rings. The monoisotopic (exact) mass is 222 g/mol. The van der Waals surface area contributed by atoms with Gasteiger partial charge in [0.2, 0.25) is 5.91 Å². The third-order valence-corrected chi connectivity index (χ3v) is 2.22. The van der Waals surface area contributed by atoms with Crippen LogP contribution in [0.5, 0.6) is 0 Å². The normalized spacial score (nSPS) is 9.67. The average molecular weight is 222 g/mol. The molecule has 15 heavy (non-hydrogen) atoms. The van der Waals surface area contributed by atoms with E-state index in [0.717, 1.165) is 11.1 Å². The number of amides is 1. The number of hydrogen-bond acceptors (Lipinski definition) is 2. The third kappa shape index (κ3) is 4.08. The molecule has 0 fully saturated rings. The fourth-order valence-corrected chi connectivity index (χ4v) is 1.35. The summed E-state index contributed by atoms with van der Waals surface area (Å²) >= 11 is 4.65. The summed E-state index contributed by atoms with van der Waals surface area (Å²) in [6, 6.07) is 7.91. The van der Waals surface area contributed by atoms with E-state index in [0.29, 0.717) is 6.54 Å². The summed E-state index contributed by atoms with van der Waals surface area (Å²) in [4.78, 5) is 11.5. The lowest BCUT2D eigenvalue weighted by atomic mass is 10.1. The van der Waals surface area contributed by atoms with Crippen molar-refractivity contribution in [3.63, 3.8) is 0 Å². The zero-order chi connectivity index (χ0) is 11.3. The number of nitrogens with one attached hydrogen (secondary N) is 1. The highest BCUT2D eigenvalue weighted by Gasteiger charge is 2.03. The first-order chi connectivity index (χ1) is 7.09. The second kappa shape index (κ2) is 5.46. The summed E-state index contributed by atoms with van der Waals surface area (Å²) in [6.45, 7) is 2.53. The van der Waals surface area contributed by atoms with E-state index in [1.54, 1.807) is 0 Å². The lowest BCUT2D eigenvalue weighted by Crippen LogP contribution is -2.27. The molecule has 0 aromatic heterocycles. The van der Waals surface area contributed by atoms with E-state index in [1.165, 1.54) is 0 Å². The van der Waals surface area contributed by atoms with E-state index in [4.69, 9.17) is 5.73 Å². The largest absolute Gasteiger partial charge is 0.393 e. The number of carbonyl (C=O) groups is 1. The summed E-state index contributed by atoms with van der Waals surface area (Å²) in [6.07, 6.45) is 0.112. The Balaban J connectivity index is 2.47. The molecule has 80 valence electrons. The maximum Gasteiger partial charge on any atom is 0.227 e. The predicted octanol–water partition coefficient (Wildman–Crippen LogP) is 1.29. The van der Waals surface area contributed by atoms with Gasteiger partial charge in [0.25, 0.3) is 0 Å². The van der Waals surface area contributed by atoms with Gasteiger partial charge in [0.15, 0.2) is 0 Å². The van der Waals surface area contributed by atoms with Gasteiger partial charge in [-0.1, -0.05) is 36.5 Å². The Morgan fingerprint density at radius 2 is 2.13 bits per heavy atom. The van der Waals surface area contributed by atoms with Crippen LogP contribution in [0, 0.1) is 6.92 Å². The highest BCUT2D eigenvalue weighted by Crippen LogP contribution is 2.05. The van der Waals surface area contributed by atoms with Crippen molar-refractivity contribution in [2.24, 2.45) is 5.73 Å². The van der Waals surface area contributed by atoms with Crippen LogP contribution < -0.4 is 11.1 Å². The van der Waals surface area contributed by atoms with Crippen LogP contribution in [0.1, 0.15) is 17.5 Å². The molecule has 0 spiro atoms. The third-order valence-electron chi connectivity index (χ3n) is 2.07. The van der Waals surface area contributed by atoms with E-state index in [9.17, 15) is 4.79 Å². The topological polar surface area (TPSA) is 55.1 Å². The van der Waals surface area contributed by atoms with Crippen LogP contribution in [0.2, 0.25) is 0 Å². The Bertz CT molecular complexity index is 377. The van der Waals surface area contributed by atoms with Gasteiger partial charge >= 0.3 is 0 Å². The Kier molecular flexibility index (Phi) is 4.24. The highest BCUT2D eigenvalue weighted by molar-refractivity contribution is 7.80. The first-order valence-electron chi connectivity index (χ1n) is 4.69. The van der Waals surface area contributed by atoms with Crippen molar-refractivity contribution in [1.29, 1.82) is 0 Å². The van der Waals surface area contributed by atoms with Gasteiger partial charge in [-0.15, -0.1) is 0 Å². The fourth-order valence-electron chi connectivity index (χ4n) is 1.22. The molecule has 3 N–H and O–H groups in total.